The van der Waals surface area contributed by atoms with Gasteiger partial charge in [0.1, 0.15) is 17.3 Å². The van der Waals surface area contributed by atoms with E-state index < -0.39 is 0 Å². The number of hydrogen-bond donors (Lipinski definition) is 1. The predicted octanol–water partition coefficient (Wildman–Crippen LogP) is 12.2. The molecular formula is C47H45N5O. The number of benzene rings is 4. The molecule has 4 aromatic heterocycles. The van der Waals surface area contributed by atoms with E-state index in [2.05, 4.69) is 145 Å². The zero-order chi connectivity index (χ0) is 37.2. The number of pyridine rings is 2. The quantitative estimate of drug-likeness (QED) is 0.188. The summed E-state index contributed by atoms with van der Waals surface area (Å²) >= 11 is 0. The number of rotatable bonds is 6. The maximum atomic E-state index is 6.59. The van der Waals surface area contributed by atoms with Crippen molar-refractivity contribution in [3.63, 3.8) is 0 Å². The van der Waals surface area contributed by atoms with E-state index >= 15 is 0 Å². The van der Waals surface area contributed by atoms with Gasteiger partial charge in [-0.2, -0.15) is 5.10 Å². The summed E-state index contributed by atoms with van der Waals surface area (Å²) in [5, 5.41) is 10.7. The lowest BCUT2D eigenvalue weighted by Gasteiger charge is -2.20. The maximum absolute atomic E-state index is 6.59. The van der Waals surface area contributed by atoms with Crippen molar-refractivity contribution in [3.8, 4) is 51.2 Å². The van der Waals surface area contributed by atoms with E-state index in [1.165, 1.54) is 49.9 Å². The van der Waals surface area contributed by atoms with Crippen molar-refractivity contribution >= 4 is 21.8 Å². The third kappa shape index (κ3) is 6.08. The van der Waals surface area contributed by atoms with Gasteiger partial charge in [0.2, 0.25) is 5.88 Å². The van der Waals surface area contributed by atoms with E-state index in [1.54, 1.807) is 0 Å². The second kappa shape index (κ2) is 12.9. The van der Waals surface area contributed by atoms with Crippen LogP contribution in [0.4, 0.5) is 0 Å². The normalized spacial score (nSPS) is 11.9. The number of ether oxygens (including phenoxy) is 1. The Kier molecular flexibility index (Phi) is 8.29. The molecule has 0 saturated heterocycles. The predicted molar refractivity (Wildman–Crippen MR) is 218 cm³/mol. The SMILES string of the molecule is Cc1cc(C)c(-c2n[nH]c(-c3cccc(Oc4ccc5c6ccccc6n(-c6cc(C(C)(C)C)ccn6)c5c4)n3)c2-c2c(C)cc(C)cc2C)c(C)c1. The van der Waals surface area contributed by atoms with Gasteiger partial charge in [0.05, 0.1) is 22.4 Å². The zero-order valence-electron chi connectivity index (χ0n) is 32.0. The molecule has 0 spiro atoms. The number of aryl methyl sites for hydroxylation is 6. The fourth-order valence-electron chi connectivity index (χ4n) is 8.08. The summed E-state index contributed by atoms with van der Waals surface area (Å²) in [5.41, 5.74) is 16.5. The van der Waals surface area contributed by atoms with Gasteiger partial charge in [-0.25, -0.2) is 9.97 Å². The molecule has 1 N–H and O–H groups in total. The van der Waals surface area contributed by atoms with E-state index in [1.807, 2.05) is 30.5 Å². The van der Waals surface area contributed by atoms with Gasteiger partial charge in [-0.3, -0.25) is 9.67 Å². The van der Waals surface area contributed by atoms with Crippen molar-refractivity contribution < 1.29 is 4.74 Å². The molecule has 0 unspecified atom stereocenters. The van der Waals surface area contributed by atoms with Crippen LogP contribution in [0.1, 0.15) is 59.7 Å². The first-order chi connectivity index (χ1) is 25.4. The third-order valence-electron chi connectivity index (χ3n) is 10.3. The number of aromatic amines is 1. The van der Waals surface area contributed by atoms with Crippen LogP contribution in [0.2, 0.25) is 0 Å². The highest BCUT2D eigenvalue weighted by atomic mass is 16.5. The summed E-state index contributed by atoms with van der Waals surface area (Å²) < 4.78 is 8.82. The number of aromatic nitrogens is 5. The Morgan fingerprint density at radius 2 is 1.28 bits per heavy atom. The molecule has 6 nitrogen and oxygen atoms in total. The average molecular weight is 696 g/mol. The third-order valence-corrected chi connectivity index (χ3v) is 10.3. The highest BCUT2D eigenvalue weighted by molar-refractivity contribution is 6.09. The van der Waals surface area contributed by atoms with Crippen molar-refractivity contribution in [2.24, 2.45) is 0 Å². The number of hydrogen-bond acceptors (Lipinski definition) is 4. The van der Waals surface area contributed by atoms with Crippen LogP contribution in [-0.2, 0) is 5.41 Å². The topological polar surface area (TPSA) is 68.6 Å². The summed E-state index contributed by atoms with van der Waals surface area (Å²) in [5.74, 6) is 2.07. The van der Waals surface area contributed by atoms with Crippen molar-refractivity contribution in [1.82, 2.24) is 24.7 Å². The summed E-state index contributed by atoms with van der Waals surface area (Å²) in [6.07, 6.45) is 1.91. The van der Waals surface area contributed by atoms with Gasteiger partial charge in [-0.05, 0) is 117 Å². The van der Waals surface area contributed by atoms with E-state index in [4.69, 9.17) is 19.8 Å². The van der Waals surface area contributed by atoms with E-state index in [-0.39, 0.29) is 5.41 Å². The molecule has 264 valence electrons. The van der Waals surface area contributed by atoms with Gasteiger partial charge in [0, 0.05) is 40.2 Å². The van der Waals surface area contributed by atoms with Gasteiger partial charge in [-0.1, -0.05) is 80.4 Å². The van der Waals surface area contributed by atoms with Crippen LogP contribution in [0.25, 0.3) is 61.4 Å². The Morgan fingerprint density at radius 3 is 1.98 bits per heavy atom. The molecule has 0 aliphatic rings. The molecule has 0 aliphatic heterocycles. The molecule has 0 atom stereocenters. The standard InChI is InChI=1S/C47H45N5O/c1-27-21-29(3)42(30(4)22-27)44-45(50-51-46(44)43-31(5)23-28(2)24-32(43)6)37-14-12-16-41(49-37)53-34-17-18-36-35-13-10-11-15-38(35)52(39(36)26-34)40-25-33(19-20-48-40)47(7,8)9/h10-26H,1-9H3,(H,50,51). The second-order valence-electron chi connectivity index (χ2n) is 15.5. The molecule has 6 heteroatoms. The first-order valence-electron chi connectivity index (χ1n) is 18.3. The molecule has 0 bridgehead atoms. The Balaban J connectivity index is 1.25. The number of fused-ring (bicyclic) bond motifs is 3. The molecule has 0 radical (unpaired) electrons. The minimum atomic E-state index is -0.00860. The zero-order valence-corrected chi connectivity index (χ0v) is 32.0. The van der Waals surface area contributed by atoms with Gasteiger partial charge in [0.25, 0.3) is 0 Å². The van der Waals surface area contributed by atoms with Crippen LogP contribution in [0, 0.1) is 41.5 Å². The van der Waals surface area contributed by atoms with Crippen LogP contribution in [0.3, 0.4) is 0 Å². The molecule has 53 heavy (non-hydrogen) atoms. The first-order valence-corrected chi connectivity index (χ1v) is 18.3. The Hall–Kier alpha value is -6.01. The Morgan fingerprint density at radius 1 is 0.623 bits per heavy atom. The Bertz CT molecular complexity index is 2660. The number of nitrogens with zero attached hydrogens (tertiary/aromatic N) is 4. The molecule has 4 aromatic carbocycles. The minimum Gasteiger partial charge on any atom is -0.439 e. The lowest BCUT2D eigenvalue weighted by molar-refractivity contribution is 0.464. The summed E-state index contributed by atoms with van der Waals surface area (Å²) in [6.45, 7) is 19.7. The van der Waals surface area contributed by atoms with Gasteiger partial charge in [0.15, 0.2) is 0 Å². The van der Waals surface area contributed by atoms with Crippen LogP contribution >= 0.6 is 0 Å². The molecule has 8 aromatic rings. The minimum absolute atomic E-state index is 0.00860. The van der Waals surface area contributed by atoms with Gasteiger partial charge >= 0.3 is 0 Å². The van der Waals surface area contributed by atoms with Crippen molar-refractivity contribution in [2.75, 3.05) is 0 Å². The van der Waals surface area contributed by atoms with Crippen molar-refractivity contribution in [3.05, 3.63) is 142 Å². The van der Waals surface area contributed by atoms with Crippen LogP contribution < -0.4 is 4.74 Å². The highest BCUT2D eigenvalue weighted by Crippen LogP contribution is 2.44. The van der Waals surface area contributed by atoms with Crippen LogP contribution in [0.5, 0.6) is 11.6 Å². The lowest BCUT2D eigenvalue weighted by atomic mass is 9.87. The highest BCUT2D eigenvalue weighted by Gasteiger charge is 2.25. The smallest absolute Gasteiger partial charge is 0.219 e. The number of para-hydroxylation sites is 1. The number of H-pyrrole nitrogens is 1. The fraction of sp³-hybridized carbons (Fsp3) is 0.213. The van der Waals surface area contributed by atoms with E-state index in [0.29, 0.717) is 11.6 Å². The maximum Gasteiger partial charge on any atom is 0.219 e. The molecule has 0 aliphatic carbocycles. The van der Waals surface area contributed by atoms with Crippen molar-refractivity contribution in [2.45, 2.75) is 67.7 Å². The molecule has 0 fully saturated rings. The largest absolute Gasteiger partial charge is 0.439 e. The van der Waals surface area contributed by atoms with E-state index in [9.17, 15) is 0 Å². The van der Waals surface area contributed by atoms with Gasteiger partial charge in [-0.15, -0.1) is 0 Å². The summed E-state index contributed by atoms with van der Waals surface area (Å²) in [6, 6.07) is 33.9. The second-order valence-corrected chi connectivity index (χ2v) is 15.5. The fourth-order valence-corrected chi connectivity index (χ4v) is 8.08. The van der Waals surface area contributed by atoms with Gasteiger partial charge < -0.3 is 4.74 Å². The van der Waals surface area contributed by atoms with Crippen molar-refractivity contribution in [1.29, 1.82) is 0 Å². The molecular weight excluding hydrogens is 651 g/mol. The lowest BCUT2D eigenvalue weighted by Crippen LogP contribution is -2.12. The molecule has 8 rings (SSSR count). The molecule has 0 amide bonds. The summed E-state index contributed by atoms with van der Waals surface area (Å²) in [7, 11) is 0. The number of nitrogens with one attached hydrogen (secondary N) is 1. The first kappa shape index (κ1) is 34.1. The average Bonchev–Trinajstić information content (AvgIpc) is 3.66. The molecule has 0 saturated carbocycles. The monoisotopic (exact) mass is 695 g/mol. The van der Waals surface area contributed by atoms with Crippen LogP contribution in [0.15, 0.2) is 103 Å². The van der Waals surface area contributed by atoms with Crippen LogP contribution in [-0.4, -0.2) is 24.7 Å². The van der Waals surface area contributed by atoms with E-state index in [0.717, 1.165) is 50.4 Å². The Labute approximate surface area is 311 Å². The molecule has 4 heterocycles. The summed E-state index contributed by atoms with van der Waals surface area (Å²) in [4.78, 5) is 9.94.